The molecule has 0 unspecified atom stereocenters. The summed E-state index contributed by atoms with van der Waals surface area (Å²) in [6.45, 7) is 0. The Morgan fingerprint density at radius 1 is 0.450 bits per heavy atom. The first-order chi connectivity index (χ1) is 19.3. The molecule has 194 valence electrons. The summed E-state index contributed by atoms with van der Waals surface area (Å²) in [6, 6.07) is 27.0. The van der Waals surface area contributed by atoms with Gasteiger partial charge in [-0.2, -0.15) is 0 Å². The monoisotopic (exact) mass is 530 g/mol. The first kappa shape index (κ1) is 24.9. The SMILES string of the molecule is O=C(c1ccc(F)cc1)c1ccc2c(-c3c(O)ccc4cc(C(=O)c5ccc(F)cc5)ccc34)c(O)ccc2c1. The second kappa shape index (κ2) is 9.75. The average Bonchev–Trinajstić information content (AvgIpc) is 2.97. The Morgan fingerprint density at radius 3 is 1.18 bits per heavy atom. The van der Waals surface area contributed by atoms with Crippen molar-refractivity contribution in [1.29, 1.82) is 0 Å². The molecule has 2 N–H and O–H groups in total. The van der Waals surface area contributed by atoms with E-state index >= 15 is 0 Å². The zero-order valence-corrected chi connectivity index (χ0v) is 20.9. The van der Waals surface area contributed by atoms with Gasteiger partial charge in [-0.05, 0) is 94.3 Å². The van der Waals surface area contributed by atoms with Gasteiger partial charge < -0.3 is 10.2 Å². The standard InChI is InChI=1S/C34H20F2O4/c35-25-9-1-19(2-10-25)33(39)23-5-13-27-21(17-23)7-15-29(37)31(27)32-28-14-6-24(18-22(28)8-16-30(32)38)34(40)20-3-11-26(36)12-4-20/h1-18,37-38H. The van der Waals surface area contributed by atoms with Crippen molar-refractivity contribution < 1.29 is 28.6 Å². The van der Waals surface area contributed by atoms with Gasteiger partial charge in [-0.15, -0.1) is 0 Å². The fraction of sp³-hybridized carbons (Fsp3) is 0. The maximum atomic E-state index is 13.3. The van der Waals surface area contributed by atoms with Crippen molar-refractivity contribution >= 4 is 33.1 Å². The van der Waals surface area contributed by atoms with Crippen LogP contribution in [0.3, 0.4) is 0 Å². The molecule has 0 aliphatic heterocycles. The topological polar surface area (TPSA) is 74.6 Å². The van der Waals surface area contributed by atoms with Gasteiger partial charge in [0.25, 0.3) is 0 Å². The minimum absolute atomic E-state index is 0.0700. The van der Waals surface area contributed by atoms with E-state index in [0.29, 0.717) is 54.9 Å². The Bertz CT molecular complexity index is 1820. The molecule has 0 spiro atoms. The predicted molar refractivity (Wildman–Crippen MR) is 150 cm³/mol. The molecule has 0 atom stereocenters. The lowest BCUT2D eigenvalue weighted by atomic mass is 9.90. The molecule has 0 fully saturated rings. The van der Waals surface area contributed by atoms with Crippen molar-refractivity contribution in [2.75, 3.05) is 0 Å². The molecule has 6 heteroatoms. The summed E-state index contributed by atoms with van der Waals surface area (Å²) in [5.41, 5.74) is 2.22. The van der Waals surface area contributed by atoms with E-state index in [-0.39, 0.29) is 23.1 Å². The minimum Gasteiger partial charge on any atom is -0.507 e. The molecule has 0 amide bonds. The summed E-state index contributed by atoms with van der Waals surface area (Å²) in [4.78, 5) is 26.0. The van der Waals surface area contributed by atoms with Crippen LogP contribution in [0.25, 0.3) is 32.7 Å². The first-order valence-corrected chi connectivity index (χ1v) is 12.4. The van der Waals surface area contributed by atoms with Crippen LogP contribution in [-0.4, -0.2) is 21.8 Å². The molecule has 40 heavy (non-hydrogen) atoms. The molecule has 6 rings (SSSR count). The van der Waals surface area contributed by atoms with E-state index in [2.05, 4.69) is 0 Å². The lowest BCUT2D eigenvalue weighted by Crippen LogP contribution is -2.01. The highest BCUT2D eigenvalue weighted by Crippen LogP contribution is 2.45. The van der Waals surface area contributed by atoms with Gasteiger partial charge in [0, 0.05) is 33.4 Å². The number of carbonyl (C=O) groups excluding carboxylic acids is 2. The van der Waals surface area contributed by atoms with E-state index in [9.17, 15) is 28.6 Å². The summed E-state index contributed by atoms with van der Waals surface area (Å²) in [5, 5.41) is 24.4. The zero-order valence-electron chi connectivity index (χ0n) is 20.9. The molecule has 0 saturated carbocycles. The largest absolute Gasteiger partial charge is 0.507 e. The summed E-state index contributed by atoms with van der Waals surface area (Å²) in [5.74, 6) is -1.56. The van der Waals surface area contributed by atoms with Crippen LogP contribution in [0.15, 0.2) is 109 Å². The van der Waals surface area contributed by atoms with Crippen LogP contribution in [0, 0.1) is 11.6 Å². The number of rotatable bonds is 5. The van der Waals surface area contributed by atoms with Gasteiger partial charge in [-0.1, -0.05) is 36.4 Å². The Kier molecular flexibility index (Phi) is 6.08. The van der Waals surface area contributed by atoms with Crippen molar-refractivity contribution in [3.05, 3.63) is 143 Å². The highest BCUT2D eigenvalue weighted by Gasteiger charge is 2.19. The van der Waals surface area contributed by atoms with E-state index in [1.54, 1.807) is 48.5 Å². The Labute approximate surface area is 227 Å². The molecule has 0 aliphatic rings. The number of carbonyl (C=O) groups is 2. The average molecular weight is 531 g/mol. The summed E-state index contributed by atoms with van der Waals surface area (Å²) >= 11 is 0. The third-order valence-corrected chi connectivity index (χ3v) is 6.98. The van der Waals surface area contributed by atoms with Crippen LogP contribution in [0.2, 0.25) is 0 Å². The Balaban J connectivity index is 1.46. The fourth-order valence-electron chi connectivity index (χ4n) is 4.98. The van der Waals surface area contributed by atoms with E-state index in [1.165, 1.54) is 60.7 Å². The molecular formula is C34H20F2O4. The van der Waals surface area contributed by atoms with E-state index < -0.39 is 11.6 Å². The number of ketones is 2. The van der Waals surface area contributed by atoms with Crippen LogP contribution < -0.4 is 0 Å². The van der Waals surface area contributed by atoms with Crippen molar-refractivity contribution in [1.82, 2.24) is 0 Å². The highest BCUT2D eigenvalue weighted by molar-refractivity contribution is 6.15. The smallest absolute Gasteiger partial charge is 0.193 e. The van der Waals surface area contributed by atoms with Crippen LogP contribution >= 0.6 is 0 Å². The fourth-order valence-corrected chi connectivity index (χ4v) is 4.98. The second-order valence-electron chi connectivity index (χ2n) is 9.46. The van der Waals surface area contributed by atoms with Gasteiger partial charge in [0.1, 0.15) is 23.1 Å². The van der Waals surface area contributed by atoms with Gasteiger partial charge in [-0.3, -0.25) is 9.59 Å². The quantitative estimate of drug-likeness (QED) is 0.223. The van der Waals surface area contributed by atoms with Gasteiger partial charge >= 0.3 is 0 Å². The van der Waals surface area contributed by atoms with Gasteiger partial charge in [0.05, 0.1) is 0 Å². The Hall–Kier alpha value is -5.36. The molecule has 0 bridgehead atoms. The van der Waals surface area contributed by atoms with Crippen molar-refractivity contribution in [2.45, 2.75) is 0 Å². The molecule has 6 aromatic rings. The number of benzene rings is 6. The third-order valence-electron chi connectivity index (χ3n) is 6.98. The summed E-state index contributed by atoms with van der Waals surface area (Å²) < 4.78 is 26.6. The minimum atomic E-state index is -0.433. The maximum Gasteiger partial charge on any atom is 0.193 e. The third kappa shape index (κ3) is 4.35. The number of aromatic hydroxyl groups is 2. The van der Waals surface area contributed by atoms with E-state index in [4.69, 9.17) is 0 Å². The predicted octanol–water partition coefficient (Wildman–Crippen LogP) is 7.81. The van der Waals surface area contributed by atoms with Crippen molar-refractivity contribution in [2.24, 2.45) is 0 Å². The number of hydrogen-bond donors (Lipinski definition) is 2. The van der Waals surface area contributed by atoms with Crippen LogP contribution in [0.5, 0.6) is 11.5 Å². The lowest BCUT2D eigenvalue weighted by Gasteiger charge is -2.15. The van der Waals surface area contributed by atoms with Crippen molar-refractivity contribution in [3.8, 4) is 22.6 Å². The molecule has 6 aromatic carbocycles. The molecule has 0 saturated heterocycles. The van der Waals surface area contributed by atoms with Gasteiger partial charge in [-0.25, -0.2) is 8.78 Å². The maximum absolute atomic E-state index is 13.3. The molecule has 0 aromatic heterocycles. The zero-order chi connectivity index (χ0) is 28.0. The molecule has 0 heterocycles. The molecule has 0 radical (unpaired) electrons. The summed E-state index contributed by atoms with van der Waals surface area (Å²) in [7, 11) is 0. The number of hydrogen-bond acceptors (Lipinski definition) is 4. The highest BCUT2D eigenvalue weighted by atomic mass is 19.1. The molecular weight excluding hydrogens is 510 g/mol. The second-order valence-corrected chi connectivity index (χ2v) is 9.46. The van der Waals surface area contributed by atoms with Crippen LogP contribution in [-0.2, 0) is 0 Å². The van der Waals surface area contributed by atoms with Crippen LogP contribution in [0.4, 0.5) is 8.78 Å². The number of fused-ring (bicyclic) bond motifs is 2. The van der Waals surface area contributed by atoms with Gasteiger partial charge in [0.2, 0.25) is 0 Å². The van der Waals surface area contributed by atoms with Gasteiger partial charge in [0.15, 0.2) is 11.6 Å². The van der Waals surface area contributed by atoms with E-state index in [1.807, 2.05) is 0 Å². The van der Waals surface area contributed by atoms with Crippen LogP contribution in [0.1, 0.15) is 31.8 Å². The van der Waals surface area contributed by atoms with E-state index in [0.717, 1.165) is 0 Å². The number of halogens is 2. The molecule has 4 nitrogen and oxygen atoms in total. The first-order valence-electron chi connectivity index (χ1n) is 12.4. The Morgan fingerprint density at radius 2 is 0.800 bits per heavy atom. The number of phenols is 2. The molecule has 0 aliphatic carbocycles. The lowest BCUT2D eigenvalue weighted by molar-refractivity contribution is 0.103. The van der Waals surface area contributed by atoms with Crippen molar-refractivity contribution in [3.63, 3.8) is 0 Å². The normalized spacial score (nSPS) is 11.2. The number of phenolic OH excluding ortho intramolecular Hbond substituents is 2. The summed E-state index contributed by atoms with van der Waals surface area (Å²) in [6.07, 6.45) is 0.